The van der Waals surface area contributed by atoms with Gasteiger partial charge in [0.1, 0.15) is 0 Å². The summed E-state index contributed by atoms with van der Waals surface area (Å²) in [5, 5.41) is 17.0. The number of carbonyl (C=O) groups is 1. The zero-order valence-electron chi connectivity index (χ0n) is 17.9. The molecular formula is C24H31N3O2S. The van der Waals surface area contributed by atoms with E-state index in [-0.39, 0.29) is 12.4 Å². The maximum Gasteiger partial charge on any atom is 0.165 e. The topological polar surface area (TPSA) is 64.6 Å². The second-order valence-electron chi connectivity index (χ2n) is 7.85. The third-order valence-corrected chi connectivity index (χ3v) is 7.11. The van der Waals surface area contributed by atoms with Crippen LogP contribution >= 0.6 is 11.8 Å². The Morgan fingerprint density at radius 1 is 1.13 bits per heavy atom. The standard InChI is InChI=1S/C24H31N3O2S/c1-3-7-16-21(19(29)4-2)22-24(30-20-9-6-5-8-18(20)26-22)17(10-15-28)23(16)27-13-11-25-12-14-27/h5-6,8-9,25-26,28H,3-4,7,10-15H2,1-2H3. The summed E-state index contributed by atoms with van der Waals surface area (Å²) in [5.74, 6) is 0.189. The van der Waals surface area contributed by atoms with Crippen LogP contribution in [0.3, 0.4) is 0 Å². The van der Waals surface area contributed by atoms with Gasteiger partial charge in [-0.2, -0.15) is 0 Å². The first-order valence-corrected chi connectivity index (χ1v) is 11.9. The molecule has 1 fully saturated rings. The van der Waals surface area contributed by atoms with Gasteiger partial charge in [-0.05, 0) is 36.1 Å². The molecule has 0 bridgehead atoms. The third kappa shape index (κ3) is 3.84. The number of para-hydroxylation sites is 1. The van der Waals surface area contributed by atoms with Crippen LogP contribution in [0.25, 0.3) is 0 Å². The van der Waals surface area contributed by atoms with Gasteiger partial charge in [0.05, 0.1) is 11.4 Å². The van der Waals surface area contributed by atoms with Crippen molar-refractivity contribution in [3.05, 3.63) is 41.0 Å². The quantitative estimate of drug-likeness (QED) is 0.488. The van der Waals surface area contributed by atoms with Crippen molar-refractivity contribution in [2.24, 2.45) is 0 Å². The maximum atomic E-state index is 13.3. The van der Waals surface area contributed by atoms with Crippen LogP contribution < -0.4 is 15.5 Å². The van der Waals surface area contributed by atoms with Crippen LogP contribution in [0.5, 0.6) is 0 Å². The molecule has 2 aliphatic rings. The molecular weight excluding hydrogens is 394 g/mol. The van der Waals surface area contributed by atoms with Crippen molar-refractivity contribution in [1.29, 1.82) is 0 Å². The lowest BCUT2D eigenvalue weighted by Crippen LogP contribution is -2.44. The van der Waals surface area contributed by atoms with E-state index in [1.807, 2.05) is 19.1 Å². The van der Waals surface area contributed by atoms with E-state index in [9.17, 15) is 9.90 Å². The SMILES string of the molecule is CCCc1c(C(=O)CC)c2c(c(CCO)c1N1CCNCC1)Sc1ccccc1N2. The normalized spacial score (nSPS) is 15.4. The van der Waals surface area contributed by atoms with E-state index in [0.717, 1.165) is 71.3 Å². The predicted molar refractivity (Wildman–Crippen MR) is 125 cm³/mol. The zero-order chi connectivity index (χ0) is 21.1. The van der Waals surface area contributed by atoms with Crippen LogP contribution in [-0.2, 0) is 12.8 Å². The Balaban J connectivity index is 2.00. The average Bonchev–Trinajstić information content (AvgIpc) is 2.78. The molecule has 1 saturated heterocycles. The number of piperazine rings is 1. The van der Waals surface area contributed by atoms with Crippen molar-refractivity contribution in [3.8, 4) is 0 Å². The molecule has 2 aromatic carbocycles. The van der Waals surface area contributed by atoms with Crippen LogP contribution in [-0.4, -0.2) is 43.7 Å². The molecule has 0 spiro atoms. The van der Waals surface area contributed by atoms with Gasteiger partial charge >= 0.3 is 0 Å². The van der Waals surface area contributed by atoms with Gasteiger partial charge in [-0.15, -0.1) is 0 Å². The van der Waals surface area contributed by atoms with Gasteiger partial charge < -0.3 is 20.6 Å². The van der Waals surface area contributed by atoms with Gasteiger partial charge in [-0.25, -0.2) is 0 Å². The molecule has 0 saturated carbocycles. The zero-order valence-corrected chi connectivity index (χ0v) is 18.7. The molecule has 4 rings (SSSR count). The third-order valence-electron chi connectivity index (χ3n) is 5.88. The number of nitrogens with one attached hydrogen (secondary N) is 2. The van der Waals surface area contributed by atoms with Crippen LogP contribution in [0.2, 0.25) is 0 Å². The lowest BCUT2D eigenvalue weighted by Gasteiger charge is -2.37. The number of anilines is 3. The first kappa shape index (κ1) is 21.2. The summed E-state index contributed by atoms with van der Waals surface area (Å²) in [7, 11) is 0. The fourth-order valence-electron chi connectivity index (χ4n) is 4.55. The minimum atomic E-state index is 0.0976. The number of aliphatic hydroxyl groups excluding tert-OH is 1. The number of aliphatic hydroxyl groups is 1. The van der Waals surface area contributed by atoms with Crippen LogP contribution in [0.15, 0.2) is 34.1 Å². The van der Waals surface area contributed by atoms with E-state index in [0.29, 0.717) is 12.8 Å². The van der Waals surface area contributed by atoms with Crippen molar-refractivity contribution in [1.82, 2.24) is 5.32 Å². The second-order valence-corrected chi connectivity index (χ2v) is 8.90. The average molecular weight is 426 g/mol. The molecule has 0 radical (unpaired) electrons. The number of ketones is 1. The van der Waals surface area contributed by atoms with Crippen molar-refractivity contribution < 1.29 is 9.90 Å². The van der Waals surface area contributed by atoms with E-state index in [1.54, 1.807) is 11.8 Å². The highest BCUT2D eigenvalue weighted by Crippen LogP contribution is 2.52. The molecule has 0 aliphatic carbocycles. The van der Waals surface area contributed by atoms with E-state index < -0.39 is 0 Å². The second kappa shape index (κ2) is 9.41. The highest BCUT2D eigenvalue weighted by molar-refractivity contribution is 7.99. The van der Waals surface area contributed by atoms with Gasteiger partial charge in [-0.1, -0.05) is 44.2 Å². The summed E-state index contributed by atoms with van der Waals surface area (Å²) in [6.07, 6.45) is 2.91. The first-order valence-electron chi connectivity index (χ1n) is 11.0. The molecule has 2 heterocycles. The molecule has 0 atom stereocenters. The lowest BCUT2D eigenvalue weighted by molar-refractivity contribution is 0.0988. The number of carbonyl (C=O) groups excluding carboxylic acids is 1. The largest absolute Gasteiger partial charge is 0.396 e. The van der Waals surface area contributed by atoms with Gasteiger partial charge in [0.25, 0.3) is 0 Å². The molecule has 0 unspecified atom stereocenters. The van der Waals surface area contributed by atoms with E-state index in [4.69, 9.17) is 0 Å². The van der Waals surface area contributed by atoms with Crippen molar-refractivity contribution in [2.45, 2.75) is 49.3 Å². The number of benzene rings is 2. The van der Waals surface area contributed by atoms with Gasteiger partial charge in [-0.3, -0.25) is 4.79 Å². The number of Topliss-reactive ketones (excluding diaryl/α,β-unsaturated/α-hetero) is 1. The first-order chi connectivity index (χ1) is 14.7. The van der Waals surface area contributed by atoms with Crippen LogP contribution in [0, 0.1) is 0 Å². The Bertz CT molecular complexity index is 939. The van der Waals surface area contributed by atoms with E-state index >= 15 is 0 Å². The Hall–Kier alpha value is -2.02. The Morgan fingerprint density at radius 3 is 2.60 bits per heavy atom. The lowest BCUT2D eigenvalue weighted by atomic mass is 9.89. The highest BCUT2D eigenvalue weighted by atomic mass is 32.2. The number of hydrogen-bond donors (Lipinski definition) is 3. The molecule has 2 aromatic rings. The summed E-state index contributed by atoms with van der Waals surface area (Å²) < 4.78 is 0. The van der Waals surface area contributed by atoms with E-state index in [1.165, 1.54) is 11.3 Å². The van der Waals surface area contributed by atoms with Crippen molar-refractivity contribution in [3.63, 3.8) is 0 Å². The molecule has 3 N–H and O–H groups in total. The number of nitrogens with zero attached hydrogens (tertiary/aromatic N) is 1. The fraction of sp³-hybridized carbons (Fsp3) is 0.458. The Morgan fingerprint density at radius 2 is 1.90 bits per heavy atom. The number of rotatable bonds is 7. The van der Waals surface area contributed by atoms with Gasteiger partial charge in [0, 0.05) is 60.2 Å². The molecule has 2 aliphatic heterocycles. The summed E-state index contributed by atoms with van der Waals surface area (Å²) in [4.78, 5) is 18.0. The molecule has 6 heteroatoms. The van der Waals surface area contributed by atoms with Crippen LogP contribution in [0.4, 0.5) is 17.1 Å². The molecule has 0 amide bonds. The Labute approximate surface area is 183 Å². The summed E-state index contributed by atoms with van der Waals surface area (Å²) in [5.41, 5.74) is 6.37. The fourth-order valence-corrected chi connectivity index (χ4v) is 5.72. The predicted octanol–water partition coefficient (Wildman–Crippen LogP) is 4.38. The van der Waals surface area contributed by atoms with Crippen LogP contribution in [0.1, 0.15) is 48.2 Å². The summed E-state index contributed by atoms with van der Waals surface area (Å²) in [6, 6.07) is 8.26. The maximum absolute atomic E-state index is 13.3. The van der Waals surface area contributed by atoms with E-state index in [2.05, 4.69) is 34.6 Å². The minimum absolute atomic E-state index is 0.0976. The summed E-state index contributed by atoms with van der Waals surface area (Å²) in [6.45, 7) is 7.93. The summed E-state index contributed by atoms with van der Waals surface area (Å²) >= 11 is 1.73. The minimum Gasteiger partial charge on any atom is -0.396 e. The molecule has 0 aromatic heterocycles. The Kier molecular flexibility index (Phi) is 6.66. The molecule has 5 nitrogen and oxygen atoms in total. The van der Waals surface area contributed by atoms with Crippen molar-refractivity contribution >= 4 is 34.6 Å². The highest BCUT2D eigenvalue weighted by Gasteiger charge is 2.32. The number of hydrogen-bond acceptors (Lipinski definition) is 6. The molecule has 160 valence electrons. The van der Waals surface area contributed by atoms with Gasteiger partial charge in [0.15, 0.2) is 5.78 Å². The smallest absolute Gasteiger partial charge is 0.165 e. The molecule has 30 heavy (non-hydrogen) atoms. The number of fused-ring (bicyclic) bond motifs is 2. The monoisotopic (exact) mass is 425 g/mol. The van der Waals surface area contributed by atoms with Gasteiger partial charge in [0.2, 0.25) is 0 Å². The van der Waals surface area contributed by atoms with Crippen molar-refractivity contribution in [2.75, 3.05) is 43.0 Å².